The minimum absolute atomic E-state index is 0. The number of rotatable bonds is 7. The summed E-state index contributed by atoms with van der Waals surface area (Å²) in [5.74, 6) is 1.38. The van der Waals surface area contributed by atoms with Crippen molar-refractivity contribution in [2.24, 2.45) is 10.9 Å². The van der Waals surface area contributed by atoms with E-state index >= 15 is 0 Å². The monoisotopic (exact) mass is 467 g/mol. The summed E-state index contributed by atoms with van der Waals surface area (Å²) in [6, 6.07) is 0. The number of aliphatic imine (C=N–C) groups is 1. The second-order valence-corrected chi connectivity index (χ2v) is 6.68. The van der Waals surface area contributed by atoms with Crippen LogP contribution in [0.1, 0.15) is 26.7 Å². The topological polar surface area (TPSA) is 69.2 Å². The fourth-order valence-corrected chi connectivity index (χ4v) is 3.11. The minimum atomic E-state index is 0. The molecule has 0 bridgehead atoms. The van der Waals surface area contributed by atoms with E-state index in [0.29, 0.717) is 5.92 Å². The summed E-state index contributed by atoms with van der Waals surface area (Å²) in [5.41, 5.74) is 0. The Morgan fingerprint density at radius 1 is 1.16 bits per heavy atom. The summed E-state index contributed by atoms with van der Waals surface area (Å²) >= 11 is 0. The Hall–Kier alpha value is -0.610. The molecule has 2 aliphatic rings. The van der Waals surface area contributed by atoms with Crippen molar-refractivity contribution in [3.05, 3.63) is 0 Å². The molecule has 146 valence electrons. The maximum Gasteiger partial charge on any atom is 0.244 e. The Balaban J connectivity index is 0.00000312. The molecule has 2 N–H and O–H groups in total. The molecule has 2 fully saturated rings. The number of amides is 1. The molecule has 25 heavy (non-hydrogen) atoms. The number of morpholine rings is 1. The van der Waals surface area contributed by atoms with Crippen molar-refractivity contribution in [3.63, 3.8) is 0 Å². The van der Waals surface area contributed by atoms with Crippen molar-refractivity contribution in [1.29, 1.82) is 0 Å². The molecule has 1 amide bonds. The van der Waals surface area contributed by atoms with E-state index in [0.717, 1.165) is 77.8 Å². The molecule has 2 heterocycles. The molecule has 0 radical (unpaired) electrons. The van der Waals surface area contributed by atoms with Crippen LogP contribution in [0.4, 0.5) is 0 Å². The lowest BCUT2D eigenvalue weighted by Crippen LogP contribution is -2.44. The van der Waals surface area contributed by atoms with Gasteiger partial charge >= 0.3 is 0 Å². The number of likely N-dealkylation sites (tertiary alicyclic amines) is 1. The third kappa shape index (κ3) is 8.54. The van der Waals surface area contributed by atoms with Crippen molar-refractivity contribution in [1.82, 2.24) is 20.4 Å². The number of carbonyl (C=O) groups excluding carboxylic acids is 1. The van der Waals surface area contributed by atoms with Crippen LogP contribution in [0.2, 0.25) is 0 Å². The second kappa shape index (κ2) is 12.7. The highest BCUT2D eigenvalue weighted by Crippen LogP contribution is 2.07. The zero-order valence-electron chi connectivity index (χ0n) is 15.6. The predicted molar refractivity (Wildman–Crippen MR) is 112 cm³/mol. The zero-order valence-corrected chi connectivity index (χ0v) is 18.0. The first-order valence-electron chi connectivity index (χ1n) is 9.29. The van der Waals surface area contributed by atoms with Crippen molar-refractivity contribution >= 4 is 35.8 Å². The Morgan fingerprint density at radius 3 is 2.48 bits per heavy atom. The van der Waals surface area contributed by atoms with E-state index in [4.69, 9.17) is 4.74 Å². The maximum absolute atomic E-state index is 12.1. The van der Waals surface area contributed by atoms with E-state index < -0.39 is 0 Å². The number of halogens is 1. The van der Waals surface area contributed by atoms with E-state index in [1.165, 1.54) is 0 Å². The van der Waals surface area contributed by atoms with Crippen LogP contribution in [0.15, 0.2) is 4.99 Å². The number of hydrogen-bond acceptors (Lipinski definition) is 4. The van der Waals surface area contributed by atoms with Crippen LogP contribution in [-0.2, 0) is 9.53 Å². The first-order valence-corrected chi connectivity index (χ1v) is 9.29. The molecular weight excluding hydrogens is 433 g/mol. The summed E-state index contributed by atoms with van der Waals surface area (Å²) in [5, 5.41) is 6.59. The van der Waals surface area contributed by atoms with Gasteiger partial charge in [-0.25, -0.2) is 4.99 Å². The second-order valence-electron chi connectivity index (χ2n) is 6.68. The molecule has 2 aliphatic heterocycles. The zero-order chi connectivity index (χ0) is 17.2. The number of guanidine groups is 1. The summed E-state index contributed by atoms with van der Waals surface area (Å²) in [6.45, 7) is 12.7. The molecule has 0 aliphatic carbocycles. The van der Waals surface area contributed by atoms with Crippen molar-refractivity contribution in [3.8, 4) is 0 Å². The van der Waals surface area contributed by atoms with Gasteiger partial charge in [-0.3, -0.25) is 9.69 Å². The van der Waals surface area contributed by atoms with Gasteiger partial charge in [0.15, 0.2) is 5.96 Å². The van der Waals surface area contributed by atoms with E-state index in [1.807, 2.05) is 11.8 Å². The van der Waals surface area contributed by atoms with Crippen LogP contribution in [0.25, 0.3) is 0 Å². The normalized spacial score (nSPS) is 20.1. The summed E-state index contributed by atoms with van der Waals surface area (Å²) in [6.07, 6.45) is 2.24. The highest BCUT2D eigenvalue weighted by molar-refractivity contribution is 14.0. The van der Waals surface area contributed by atoms with Crippen LogP contribution < -0.4 is 10.6 Å². The lowest BCUT2D eigenvalue weighted by Gasteiger charge is -2.29. The van der Waals surface area contributed by atoms with E-state index in [1.54, 1.807) is 0 Å². The Bertz CT molecular complexity index is 410. The van der Waals surface area contributed by atoms with Gasteiger partial charge in [-0.2, -0.15) is 0 Å². The number of hydrogen-bond donors (Lipinski definition) is 2. The minimum Gasteiger partial charge on any atom is -0.379 e. The number of carbonyl (C=O) groups is 1. The number of nitrogens with zero attached hydrogens (tertiary/aromatic N) is 3. The lowest BCUT2D eigenvalue weighted by atomic mass is 10.1. The SMILES string of the molecule is CCNC(=NCC(=O)N1CCCC1)NCC(C)CN1CCOCC1.I. The van der Waals surface area contributed by atoms with Gasteiger partial charge in [0, 0.05) is 45.8 Å². The molecule has 0 aromatic heterocycles. The van der Waals surface area contributed by atoms with Crippen LogP contribution in [0.5, 0.6) is 0 Å². The van der Waals surface area contributed by atoms with E-state index in [-0.39, 0.29) is 36.4 Å². The quantitative estimate of drug-likeness (QED) is 0.329. The molecule has 0 spiro atoms. The van der Waals surface area contributed by atoms with Crippen molar-refractivity contribution in [2.45, 2.75) is 26.7 Å². The average molecular weight is 467 g/mol. The molecule has 2 saturated heterocycles. The molecule has 0 aromatic carbocycles. The molecule has 1 unspecified atom stereocenters. The van der Waals surface area contributed by atoms with Crippen LogP contribution in [0, 0.1) is 5.92 Å². The van der Waals surface area contributed by atoms with Gasteiger partial charge in [0.2, 0.25) is 5.91 Å². The smallest absolute Gasteiger partial charge is 0.244 e. The van der Waals surface area contributed by atoms with Crippen LogP contribution in [-0.4, -0.2) is 87.2 Å². The largest absolute Gasteiger partial charge is 0.379 e. The Kier molecular flexibility index (Phi) is 11.4. The standard InChI is InChI=1S/C17H33N5O2.HI/c1-3-18-17(20-13-16(23)22-6-4-5-7-22)19-12-15(2)14-21-8-10-24-11-9-21;/h15H,3-14H2,1-2H3,(H2,18,19,20);1H. The fourth-order valence-electron chi connectivity index (χ4n) is 3.11. The fraction of sp³-hybridized carbons (Fsp3) is 0.882. The third-order valence-electron chi connectivity index (χ3n) is 4.47. The lowest BCUT2D eigenvalue weighted by molar-refractivity contribution is -0.128. The van der Waals surface area contributed by atoms with Gasteiger partial charge in [-0.05, 0) is 25.7 Å². The van der Waals surface area contributed by atoms with Gasteiger partial charge in [0.25, 0.3) is 0 Å². The number of nitrogens with one attached hydrogen (secondary N) is 2. The summed E-state index contributed by atoms with van der Waals surface area (Å²) in [4.78, 5) is 20.9. The summed E-state index contributed by atoms with van der Waals surface area (Å²) < 4.78 is 5.39. The van der Waals surface area contributed by atoms with Gasteiger partial charge in [0.1, 0.15) is 6.54 Å². The Labute approximate surface area is 169 Å². The molecule has 0 saturated carbocycles. The molecule has 2 rings (SSSR count). The molecule has 1 atom stereocenters. The summed E-state index contributed by atoms with van der Waals surface area (Å²) in [7, 11) is 0. The molecule has 0 aromatic rings. The van der Waals surface area contributed by atoms with Gasteiger partial charge in [-0.15, -0.1) is 24.0 Å². The highest BCUT2D eigenvalue weighted by Gasteiger charge is 2.17. The molecule has 7 nitrogen and oxygen atoms in total. The molecule has 8 heteroatoms. The van der Waals surface area contributed by atoms with Gasteiger partial charge in [-0.1, -0.05) is 6.92 Å². The van der Waals surface area contributed by atoms with Gasteiger partial charge in [0.05, 0.1) is 13.2 Å². The Morgan fingerprint density at radius 2 is 1.84 bits per heavy atom. The predicted octanol–water partition coefficient (Wildman–Crippen LogP) is 0.750. The molecular formula is C17H34IN5O2. The van der Waals surface area contributed by atoms with E-state index in [9.17, 15) is 4.79 Å². The first-order chi connectivity index (χ1) is 11.7. The third-order valence-corrected chi connectivity index (χ3v) is 4.47. The average Bonchev–Trinajstić information content (AvgIpc) is 3.12. The van der Waals surface area contributed by atoms with E-state index in [2.05, 4.69) is 27.4 Å². The van der Waals surface area contributed by atoms with Crippen molar-refractivity contribution < 1.29 is 9.53 Å². The van der Waals surface area contributed by atoms with Crippen LogP contribution in [0.3, 0.4) is 0 Å². The van der Waals surface area contributed by atoms with Crippen LogP contribution >= 0.6 is 24.0 Å². The first kappa shape index (κ1) is 22.4. The van der Waals surface area contributed by atoms with Crippen molar-refractivity contribution in [2.75, 3.05) is 65.6 Å². The highest BCUT2D eigenvalue weighted by atomic mass is 127. The van der Waals surface area contributed by atoms with Gasteiger partial charge < -0.3 is 20.3 Å². The number of ether oxygens (including phenoxy) is 1. The maximum atomic E-state index is 12.1.